The van der Waals surface area contributed by atoms with Gasteiger partial charge in [0.15, 0.2) is 0 Å². The molecule has 0 radical (unpaired) electrons. The normalized spacial score (nSPS) is 17.0. The van der Waals surface area contributed by atoms with Crippen LogP contribution in [0.4, 0.5) is 10.7 Å². The first-order valence-electron chi connectivity index (χ1n) is 6.45. The van der Waals surface area contributed by atoms with Crippen LogP contribution in [0.5, 0.6) is 0 Å². The van der Waals surface area contributed by atoms with Crippen LogP contribution >= 0.6 is 11.3 Å². The van der Waals surface area contributed by atoms with Gasteiger partial charge in [0.05, 0.1) is 10.7 Å². The summed E-state index contributed by atoms with van der Waals surface area (Å²) in [7, 11) is 0. The number of carbonyl (C=O) groups is 1. The van der Waals surface area contributed by atoms with Crippen LogP contribution in [0.3, 0.4) is 0 Å². The highest BCUT2D eigenvalue weighted by atomic mass is 32.1. The molecule has 1 heterocycles. The third-order valence-electron chi connectivity index (χ3n) is 3.55. The summed E-state index contributed by atoms with van der Waals surface area (Å²) in [6, 6.07) is 1.86. The summed E-state index contributed by atoms with van der Waals surface area (Å²) in [5.74, 6) is -0.0806. The van der Waals surface area contributed by atoms with Gasteiger partial charge in [-0.05, 0) is 31.2 Å². The minimum atomic E-state index is -0.0806. The van der Waals surface area contributed by atoms with E-state index in [0.717, 1.165) is 11.5 Å². The third kappa shape index (κ3) is 2.77. The maximum atomic E-state index is 11.7. The lowest BCUT2D eigenvalue weighted by Crippen LogP contribution is -2.33. The molecule has 0 bridgehead atoms. The largest absolute Gasteiger partial charge is 0.397 e. The number of rotatable bonds is 5. The molecule has 0 saturated heterocycles. The molecule has 1 aromatic rings. The van der Waals surface area contributed by atoms with Crippen molar-refractivity contribution in [2.24, 2.45) is 5.41 Å². The molecular weight excluding hydrogens is 246 g/mol. The van der Waals surface area contributed by atoms with Crippen molar-refractivity contribution in [3.63, 3.8) is 0 Å². The number of nitrogen functional groups attached to an aromatic ring is 1. The van der Waals surface area contributed by atoms with Gasteiger partial charge in [0.2, 0.25) is 0 Å². The monoisotopic (exact) mass is 267 g/mol. The van der Waals surface area contributed by atoms with Crippen LogP contribution in [0.1, 0.15) is 42.8 Å². The topological polar surface area (TPSA) is 67.2 Å². The standard InChI is InChI=1S/C13H21N3OS/c1-3-15-12(17)11-9(14)7-10(18-11)16-8-13(2)5-4-6-13/h7,16H,3-6,8,14H2,1-2H3,(H,15,17). The summed E-state index contributed by atoms with van der Waals surface area (Å²) in [6.45, 7) is 5.78. The molecule has 1 amide bonds. The fourth-order valence-electron chi connectivity index (χ4n) is 2.17. The van der Waals surface area contributed by atoms with Crippen molar-refractivity contribution in [1.82, 2.24) is 5.32 Å². The van der Waals surface area contributed by atoms with Crippen LogP contribution in [0.2, 0.25) is 0 Å². The number of carbonyl (C=O) groups excluding carboxylic acids is 1. The van der Waals surface area contributed by atoms with E-state index >= 15 is 0 Å². The molecule has 0 spiro atoms. The summed E-state index contributed by atoms with van der Waals surface area (Å²) < 4.78 is 0. The van der Waals surface area contributed by atoms with Crippen molar-refractivity contribution < 1.29 is 4.79 Å². The van der Waals surface area contributed by atoms with Gasteiger partial charge in [-0.3, -0.25) is 4.79 Å². The third-order valence-corrected chi connectivity index (χ3v) is 4.66. The van der Waals surface area contributed by atoms with Gasteiger partial charge in [0.1, 0.15) is 4.88 Å². The highest BCUT2D eigenvalue weighted by Gasteiger charge is 2.31. The molecule has 100 valence electrons. The molecule has 1 aliphatic rings. The van der Waals surface area contributed by atoms with Crippen molar-refractivity contribution >= 4 is 27.9 Å². The molecule has 5 heteroatoms. The Balaban J connectivity index is 1.97. The molecule has 4 nitrogen and oxygen atoms in total. The summed E-state index contributed by atoms with van der Waals surface area (Å²) >= 11 is 1.43. The second-order valence-electron chi connectivity index (χ2n) is 5.27. The van der Waals surface area contributed by atoms with Gasteiger partial charge >= 0.3 is 0 Å². The van der Waals surface area contributed by atoms with Gasteiger partial charge in [-0.15, -0.1) is 11.3 Å². The fourth-order valence-corrected chi connectivity index (χ4v) is 3.06. The molecule has 0 unspecified atom stereocenters. The van der Waals surface area contributed by atoms with Crippen LogP contribution in [0, 0.1) is 5.41 Å². The molecule has 1 saturated carbocycles. The van der Waals surface area contributed by atoms with Crippen LogP contribution in [-0.4, -0.2) is 19.0 Å². The molecule has 0 aromatic carbocycles. The number of nitrogens with two attached hydrogens (primary N) is 1. The maximum absolute atomic E-state index is 11.7. The van der Waals surface area contributed by atoms with Gasteiger partial charge < -0.3 is 16.4 Å². The predicted octanol–water partition coefficient (Wildman–Crippen LogP) is 2.68. The smallest absolute Gasteiger partial charge is 0.263 e. The van der Waals surface area contributed by atoms with Crippen LogP contribution in [0.25, 0.3) is 0 Å². The molecule has 2 rings (SSSR count). The van der Waals surface area contributed by atoms with Gasteiger partial charge in [0, 0.05) is 13.1 Å². The van der Waals surface area contributed by atoms with Gasteiger partial charge in [0.25, 0.3) is 5.91 Å². The zero-order valence-corrected chi connectivity index (χ0v) is 11.8. The van der Waals surface area contributed by atoms with Gasteiger partial charge in [-0.1, -0.05) is 13.3 Å². The fraction of sp³-hybridized carbons (Fsp3) is 0.615. The van der Waals surface area contributed by atoms with Gasteiger partial charge in [-0.2, -0.15) is 0 Å². The molecule has 4 N–H and O–H groups in total. The lowest BCUT2D eigenvalue weighted by molar-refractivity contribution is 0.0960. The lowest BCUT2D eigenvalue weighted by atomic mass is 9.70. The van der Waals surface area contributed by atoms with Crippen molar-refractivity contribution in [2.45, 2.75) is 33.1 Å². The predicted molar refractivity (Wildman–Crippen MR) is 77.2 cm³/mol. The number of hydrogen-bond acceptors (Lipinski definition) is 4. The van der Waals surface area contributed by atoms with Gasteiger partial charge in [-0.25, -0.2) is 0 Å². The molecule has 18 heavy (non-hydrogen) atoms. The SMILES string of the molecule is CCNC(=O)c1sc(NCC2(C)CCC2)cc1N. The van der Waals surface area contributed by atoms with Crippen molar-refractivity contribution in [2.75, 3.05) is 24.1 Å². The Morgan fingerprint density at radius 1 is 1.56 bits per heavy atom. The Hall–Kier alpha value is -1.23. The van der Waals surface area contributed by atoms with E-state index in [-0.39, 0.29) is 5.91 Å². The Morgan fingerprint density at radius 3 is 2.83 bits per heavy atom. The Labute approximate surface area is 112 Å². The highest BCUT2D eigenvalue weighted by molar-refractivity contribution is 7.18. The lowest BCUT2D eigenvalue weighted by Gasteiger charge is -2.38. The van der Waals surface area contributed by atoms with E-state index in [1.165, 1.54) is 30.6 Å². The molecular formula is C13H21N3OS. The van der Waals surface area contributed by atoms with E-state index in [1.807, 2.05) is 13.0 Å². The van der Waals surface area contributed by atoms with E-state index < -0.39 is 0 Å². The maximum Gasteiger partial charge on any atom is 0.263 e. The van der Waals surface area contributed by atoms with Crippen LogP contribution in [0.15, 0.2) is 6.07 Å². The van der Waals surface area contributed by atoms with E-state index in [4.69, 9.17) is 5.73 Å². The molecule has 1 aromatic heterocycles. The van der Waals surface area contributed by atoms with E-state index in [9.17, 15) is 4.79 Å². The first-order valence-corrected chi connectivity index (χ1v) is 7.27. The molecule has 1 fully saturated rings. The van der Waals surface area contributed by atoms with Crippen molar-refractivity contribution in [3.05, 3.63) is 10.9 Å². The highest BCUT2D eigenvalue weighted by Crippen LogP contribution is 2.41. The average Bonchev–Trinajstić information content (AvgIpc) is 2.66. The summed E-state index contributed by atoms with van der Waals surface area (Å²) in [6.07, 6.45) is 3.89. The molecule has 0 atom stereocenters. The van der Waals surface area contributed by atoms with Crippen LogP contribution in [-0.2, 0) is 0 Å². The zero-order valence-electron chi connectivity index (χ0n) is 11.0. The number of amides is 1. The molecule has 0 aliphatic heterocycles. The van der Waals surface area contributed by atoms with Crippen LogP contribution < -0.4 is 16.4 Å². The Bertz CT molecular complexity index is 437. The second kappa shape index (κ2) is 5.18. The average molecular weight is 267 g/mol. The Kier molecular flexibility index (Phi) is 3.80. The summed E-state index contributed by atoms with van der Waals surface area (Å²) in [5, 5.41) is 7.17. The van der Waals surface area contributed by atoms with E-state index in [0.29, 0.717) is 22.5 Å². The first-order chi connectivity index (χ1) is 8.54. The van der Waals surface area contributed by atoms with Crippen molar-refractivity contribution in [3.8, 4) is 0 Å². The Morgan fingerprint density at radius 2 is 2.28 bits per heavy atom. The van der Waals surface area contributed by atoms with Crippen molar-refractivity contribution in [1.29, 1.82) is 0 Å². The minimum Gasteiger partial charge on any atom is -0.397 e. The number of thiophene rings is 1. The van der Waals surface area contributed by atoms with E-state index in [1.54, 1.807) is 0 Å². The summed E-state index contributed by atoms with van der Waals surface area (Å²) in [5.41, 5.74) is 6.85. The number of nitrogens with one attached hydrogen (secondary N) is 2. The first kappa shape index (κ1) is 13.2. The van der Waals surface area contributed by atoms with E-state index in [2.05, 4.69) is 17.6 Å². The number of hydrogen-bond donors (Lipinski definition) is 3. The zero-order chi connectivity index (χ0) is 13.2. The quantitative estimate of drug-likeness (QED) is 0.768. The number of anilines is 2. The minimum absolute atomic E-state index is 0.0806. The summed E-state index contributed by atoms with van der Waals surface area (Å²) in [4.78, 5) is 12.3. The molecule has 1 aliphatic carbocycles. The second-order valence-corrected chi connectivity index (χ2v) is 6.32.